The highest BCUT2D eigenvalue weighted by Crippen LogP contribution is 2.29. The molecule has 0 aliphatic carbocycles. The lowest BCUT2D eigenvalue weighted by Gasteiger charge is -2.28. The molecular formula is C23H22N8O4. The molecule has 0 amide bonds. The van der Waals surface area contributed by atoms with Gasteiger partial charge in [-0.25, -0.2) is 0 Å². The van der Waals surface area contributed by atoms with Gasteiger partial charge in [0.1, 0.15) is 18.1 Å². The van der Waals surface area contributed by atoms with Gasteiger partial charge in [-0.05, 0) is 25.5 Å². The van der Waals surface area contributed by atoms with Crippen LogP contribution in [0.3, 0.4) is 0 Å². The van der Waals surface area contributed by atoms with Crippen LogP contribution >= 0.6 is 0 Å². The van der Waals surface area contributed by atoms with Crippen LogP contribution in [0.15, 0.2) is 39.4 Å². The van der Waals surface area contributed by atoms with Gasteiger partial charge in [-0.15, -0.1) is 15.3 Å². The van der Waals surface area contributed by atoms with Gasteiger partial charge < -0.3 is 23.4 Å². The van der Waals surface area contributed by atoms with Crippen LogP contribution in [0.4, 0.5) is 5.82 Å². The number of hydrogen-bond acceptors (Lipinski definition) is 11. The molecule has 0 radical (unpaired) electrons. The Hall–Kier alpha value is -4.48. The summed E-state index contributed by atoms with van der Waals surface area (Å²) in [6.07, 6.45) is 0.809. The van der Waals surface area contributed by atoms with E-state index in [0.29, 0.717) is 34.6 Å². The molecule has 0 unspecified atom stereocenters. The van der Waals surface area contributed by atoms with Crippen molar-refractivity contribution in [2.45, 2.75) is 33.4 Å². The van der Waals surface area contributed by atoms with Crippen LogP contribution < -0.4 is 14.4 Å². The van der Waals surface area contributed by atoms with Crippen LogP contribution in [0.25, 0.3) is 17.2 Å². The van der Waals surface area contributed by atoms with Crippen molar-refractivity contribution >= 4 is 11.5 Å². The molecule has 0 fully saturated rings. The Morgan fingerprint density at radius 1 is 1.03 bits per heavy atom. The van der Waals surface area contributed by atoms with E-state index in [2.05, 4.69) is 36.6 Å². The van der Waals surface area contributed by atoms with E-state index in [1.54, 1.807) is 23.8 Å². The topological polar surface area (TPSA) is 130 Å². The largest absolute Gasteiger partial charge is 0.491 e. The second-order valence-electron chi connectivity index (χ2n) is 8.30. The molecule has 6 rings (SSSR count). The summed E-state index contributed by atoms with van der Waals surface area (Å²) in [5.41, 5.74) is 4.05. The lowest BCUT2D eigenvalue weighted by molar-refractivity contribution is 0.264. The van der Waals surface area contributed by atoms with Gasteiger partial charge in [0.2, 0.25) is 5.82 Å². The molecule has 0 bridgehead atoms. The van der Waals surface area contributed by atoms with Crippen molar-refractivity contribution in [3.05, 3.63) is 58.8 Å². The zero-order chi connectivity index (χ0) is 23.9. The molecule has 6 heterocycles. The molecule has 5 aromatic rings. The van der Waals surface area contributed by atoms with Gasteiger partial charge in [0, 0.05) is 43.4 Å². The van der Waals surface area contributed by atoms with Crippen LogP contribution in [0.5, 0.6) is 11.6 Å². The first-order chi connectivity index (χ1) is 17.1. The highest BCUT2D eigenvalue weighted by Gasteiger charge is 2.21. The van der Waals surface area contributed by atoms with Crippen molar-refractivity contribution in [1.82, 2.24) is 35.1 Å². The maximum atomic E-state index is 6.02. The van der Waals surface area contributed by atoms with E-state index in [9.17, 15) is 0 Å². The van der Waals surface area contributed by atoms with Crippen molar-refractivity contribution in [3.8, 4) is 23.1 Å². The number of aryl methyl sites for hydroxylation is 2. The fourth-order valence-electron chi connectivity index (χ4n) is 4.06. The summed E-state index contributed by atoms with van der Waals surface area (Å²) in [5.74, 6) is 3.51. The van der Waals surface area contributed by atoms with Gasteiger partial charge in [0.15, 0.2) is 22.9 Å². The van der Waals surface area contributed by atoms with Gasteiger partial charge in [-0.1, -0.05) is 16.4 Å². The number of fused-ring (bicyclic) bond motifs is 2. The van der Waals surface area contributed by atoms with Crippen molar-refractivity contribution in [3.63, 3.8) is 0 Å². The maximum Gasteiger partial charge on any atom is 0.275 e. The molecule has 0 aromatic carbocycles. The van der Waals surface area contributed by atoms with E-state index < -0.39 is 0 Å². The Bertz CT molecular complexity index is 1520. The molecule has 0 saturated carbocycles. The van der Waals surface area contributed by atoms with Crippen molar-refractivity contribution < 1.29 is 18.5 Å². The van der Waals surface area contributed by atoms with Crippen molar-refractivity contribution in [1.29, 1.82) is 0 Å². The minimum atomic E-state index is 0.231. The molecule has 12 nitrogen and oxygen atoms in total. The normalized spacial score (nSPS) is 13.3. The summed E-state index contributed by atoms with van der Waals surface area (Å²) >= 11 is 0. The number of aromatic nitrogens is 7. The summed E-state index contributed by atoms with van der Waals surface area (Å²) in [5, 5.41) is 21.0. The molecule has 35 heavy (non-hydrogen) atoms. The number of pyridine rings is 1. The highest BCUT2D eigenvalue weighted by molar-refractivity contribution is 5.57. The summed E-state index contributed by atoms with van der Waals surface area (Å²) in [6.45, 7) is 5.49. The Morgan fingerprint density at radius 3 is 2.66 bits per heavy atom. The molecule has 1 aliphatic heterocycles. The third kappa shape index (κ3) is 3.92. The van der Waals surface area contributed by atoms with Gasteiger partial charge in [-0.2, -0.15) is 4.52 Å². The first kappa shape index (κ1) is 21.1. The third-order valence-electron chi connectivity index (χ3n) is 5.81. The van der Waals surface area contributed by atoms with E-state index in [-0.39, 0.29) is 6.61 Å². The molecule has 0 atom stereocenters. The monoisotopic (exact) mass is 474 g/mol. The summed E-state index contributed by atoms with van der Waals surface area (Å²) in [7, 11) is 1.55. The molecule has 178 valence electrons. The van der Waals surface area contributed by atoms with E-state index in [1.807, 2.05) is 26.0 Å². The minimum Gasteiger partial charge on any atom is -0.491 e. The first-order valence-electron chi connectivity index (χ1n) is 11.1. The fourth-order valence-corrected chi connectivity index (χ4v) is 4.06. The Labute approximate surface area is 199 Å². The van der Waals surface area contributed by atoms with Crippen LogP contribution in [0.1, 0.15) is 28.5 Å². The summed E-state index contributed by atoms with van der Waals surface area (Å²) < 4.78 is 23.4. The van der Waals surface area contributed by atoms with Crippen LogP contribution in [-0.4, -0.2) is 48.8 Å². The fraction of sp³-hybridized carbons (Fsp3) is 0.304. The number of hydrogen-bond donors (Lipinski definition) is 0. The Kier molecular flexibility index (Phi) is 5.05. The Morgan fingerprint density at radius 2 is 1.89 bits per heavy atom. The second kappa shape index (κ2) is 8.38. The lowest BCUT2D eigenvalue weighted by atomic mass is 10.1. The summed E-state index contributed by atoms with van der Waals surface area (Å²) in [6, 6.07) is 9.47. The average molecular weight is 474 g/mol. The third-order valence-corrected chi connectivity index (χ3v) is 5.81. The number of rotatable bonds is 6. The highest BCUT2D eigenvalue weighted by atomic mass is 16.5. The second-order valence-corrected chi connectivity index (χ2v) is 8.30. The van der Waals surface area contributed by atoms with Gasteiger partial charge in [-0.3, -0.25) is 4.98 Å². The molecule has 5 aromatic heterocycles. The SMILES string of the molecule is COc1cc2nnc(-c3cc(C)on3)n2nc1OCc1ccc2c(n1)CCN(c1cc(C)on1)C2. The minimum absolute atomic E-state index is 0.231. The molecular weight excluding hydrogens is 452 g/mol. The molecule has 0 N–H and O–H groups in total. The van der Waals surface area contributed by atoms with Crippen molar-refractivity contribution in [2.75, 3.05) is 18.6 Å². The number of ether oxygens (including phenoxy) is 2. The number of anilines is 1. The molecule has 0 saturated heterocycles. The van der Waals surface area contributed by atoms with Gasteiger partial charge in [0.05, 0.1) is 12.8 Å². The average Bonchev–Trinajstić information content (AvgIpc) is 3.61. The molecule has 1 aliphatic rings. The van der Waals surface area contributed by atoms with E-state index in [4.69, 9.17) is 23.5 Å². The molecule has 0 spiro atoms. The summed E-state index contributed by atoms with van der Waals surface area (Å²) in [4.78, 5) is 7.01. The van der Waals surface area contributed by atoms with E-state index in [1.165, 1.54) is 0 Å². The molecule has 12 heteroatoms. The lowest BCUT2D eigenvalue weighted by Crippen LogP contribution is -2.31. The predicted molar refractivity (Wildman–Crippen MR) is 122 cm³/mol. The Balaban J connectivity index is 1.22. The standard InChI is InChI=1S/C23H22N8O4/c1-13-8-18(28-34-13)22-26-25-20-10-19(32-3)23(27-31(20)22)33-12-16-5-4-15-11-30(7-6-17(15)24-16)21-9-14(2)35-29-21/h4-5,8-10H,6-7,11-12H2,1-3H3. The quantitative estimate of drug-likeness (QED) is 0.360. The van der Waals surface area contributed by atoms with Gasteiger partial charge in [0.25, 0.3) is 5.88 Å². The van der Waals surface area contributed by atoms with Crippen LogP contribution in [0, 0.1) is 13.8 Å². The van der Waals surface area contributed by atoms with E-state index >= 15 is 0 Å². The van der Waals surface area contributed by atoms with Gasteiger partial charge >= 0.3 is 0 Å². The first-order valence-corrected chi connectivity index (χ1v) is 11.1. The maximum absolute atomic E-state index is 6.02. The smallest absolute Gasteiger partial charge is 0.275 e. The van der Waals surface area contributed by atoms with E-state index in [0.717, 1.165) is 48.0 Å². The predicted octanol–water partition coefficient (Wildman–Crippen LogP) is 2.93. The van der Waals surface area contributed by atoms with Crippen molar-refractivity contribution in [2.24, 2.45) is 0 Å². The number of nitrogens with zero attached hydrogens (tertiary/aromatic N) is 8. The van der Waals surface area contributed by atoms with Crippen LogP contribution in [-0.2, 0) is 19.6 Å². The number of methoxy groups -OCH3 is 1. The zero-order valence-corrected chi connectivity index (χ0v) is 19.4. The van der Waals surface area contributed by atoms with Crippen LogP contribution in [0.2, 0.25) is 0 Å². The zero-order valence-electron chi connectivity index (χ0n) is 19.4.